The van der Waals surface area contributed by atoms with E-state index in [1.54, 1.807) is 0 Å². The van der Waals surface area contributed by atoms with E-state index >= 15 is 0 Å². The minimum absolute atomic E-state index is 0.230. The lowest BCUT2D eigenvalue weighted by Gasteiger charge is -2.26. The van der Waals surface area contributed by atoms with Gasteiger partial charge in [0, 0.05) is 48.7 Å². The van der Waals surface area contributed by atoms with Gasteiger partial charge in [0.2, 0.25) is 0 Å². The van der Waals surface area contributed by atoms with Crippen molar-refractivity contribution in [3.05, 3.63) is 90.3 Å². The van der Waals surface area contributed by atoms with Crippen molar-refractivity contribution in [2.24, 2.45) is 0 Å². The molecule has 2 aliphatic rings. The Kier molecular flexibility index (Phi) is 4.34. The molecule has 0 fully saturated rings. The SMILES string of the molecule is Fc1ccc(-c2nc3n(c2-c2ccncc2)C(CN2CCc4ccccc42)CC3)cc1. The molecule has 0 N–H and O–H groups in total. The summed E-state index contributed by atoms with van der Waals surface area (Å²) in [6.45, 7) is 2.04. The van der Waals surface area contributed by atoms with Gasteiger partial charge in [-0.2, -0.15) is 0 Å². The summed E-state index contributed by atoms with van der Waals surface area (Å²) in [7, 11) is 0. The van der Waals surface area contributed by atoms with Crippen LogP contribution in [0.1, 0.15) is 23.9 Å². The summed E-state index contributed by atoms with van der Waals surface area (Å²) in [6.07, 6.45) is 6.80. The van der Waals surface area contributed by atoms with E-state index in [-0.39, 0.29) is 5.82 Å². The molecule has 2 aromatic heterocycles. The summed E-state index contributed by atoms with van der Waals surface area (Å²) >= 11 is 0. The molecule has 2 aliphatic heterocycles. The molecule has 31 heavy (non-hydrogen) atoms. The number of imidazole rings is 1. The lowest BCUT2D eigenvalue weighted by atomic mass is 10.0. The molecule has 0 saturated heterocycles. The van der Waals surface area contributed by atoms with E-state index < -0.39 is 0 Å². The first kappa shape index (κ1) is 18.3. The van der Waals surface area contributed by atoms with Crippen LogP contribution in [0.5, 0.6) is 0 Å². The van der Waals surface area contributed by atoms with E-state index in [0.717, 1.165) is 60.7 Å². The van der Waals surface area contributed by atoms with Gasteiger partial charge in [-0.1, -0.05) is 18.2 Å². The molecule has 0 bridgehead atoms. The van der Waals surface area contributed by atoms with Gasteiger partial charge in [-0.25, -0.2) is 9.37 Å². The number of benzene rings is 2. The molecule has 5 heteroatoms. The summed E-state index contributed by atoms with van der Waals surface area (Å²) in [5.74, 6) is 0.884. The van der Waals surface area contributed by atoms with Gasteiger partial charge in [-0.3, -0.25) is 4.98 Å². The van der Waals surface area contributed by atoms with Gasteiger partial charge in [0.25, 0.3) is 0 Å². The predicted octanol–water partition coefficient (Wildman–Crippen LogP) is 5.30. The van der Waals surface area contributed by atoms with Gasteiger partial charge in [-0.15, -0.1) is 0 Å². The second-order valence-corrected chi connectivity index (χ2v) is 8.36. The fraction of sp³-hybridized carbons (Fsp3) is 0.231. The van der Waals surface area contributed by atoms with Crippen molar-refractivity contribution in [1.29, 1.82) is 0 Å². The Hall–Kier alpha value is -3.47. The van der Waals surface area contributed by atoms with Crippen LogP contribution in [0.2, 0.25) is 0 Å². The maximum Gasteiger partial charge on any atom is 0.123 e. The number of nitrogens with zero attached hydrogens (tertiary/aromatic N) is 4. The largest absolute Gasteiger partial charge is 0.369 e. The third-order valence-corrected chi connectivity index (χ3v) is 6.54. The van der Waals surface area contributed by atoms with E-state index in [1.807, 2.05) is 36.7 Å². The zero-order chi connectivity index (χ0) is 20.8. The summed E-state index contributed by atoms with van der Waals surface area (Å²) in [4.78, 5) is 11.8. The Morgan fingerprint density at radius 3 is 2.55 bits per heavy atom. The van der Waals surface area contributed by atoms with Gasteiger partial charge < -0.3 is 9.47 Å². The number of aryl methyl sites for hydroxylation is 1. The van der Waals surface area contributed by atoms with E-state index in [2.05, 4.69) is 38.7 Å². The van der Waals surface area contributed by atoms with Crippen LogP contribution in [0.3, 0.4) is 0 Å². The molecule has 1 atom stereocenters. The van der Waals surface area contributed by atoms with E-state index in [4.69, 9.17) is 4.98 Å². The maximum absolute atomic E-state index is 13.6. The molecule has 6 rings (SSSR count). The van der Waals surface area contributed by atoms with Gasteiger partial charge >= 0.3 is 0 Å². The van der Waals surface area contributed by atoms with Crippen LogP contribution in [0, 0.1) is 5.82 Å². The number of para-hydroxylation sites is 1. The van der Waals surface area contributed by atoms with Gasteiger partial charge in [0.05, 0.1) is 17.4 Å². The average molecular weight is 410 g/mol. The third kappa shape index (κ3) is 3.12. The molecule has 0 amide bonds. The van der Waals surface area contributed by atoms with Crippen molar-refractivity contribution < 1.29 is 4.39 Å². The van der Waals surface area contributed by atoms with Crippen LogP contribution in [0.15, 0.2) is 73.1 Å². The highest BCUT2D eigenvalue weighted by Crippen LogP contribution is 2.41. The van der Waals surface area contributed by atoms with Crippen LogP contribution < -0.4 is 4.90 Å². The molecule has 2 aromatic carbocycles. The Morgan fingerprint density at radius 1 is 0.903 bits per heavy atom. The molecular formula is C26H23FN4. The van der Waals surface area contributed by atoms with Crippen LogP contribution in [-0.2, 0) is 12.8 Å². The summed E-state index contributed by atoms with van der Waals surface area (Å²) in [5.41, 5.74) is 6.88. The third-order valence-electron chi connectivity index (χ3n) is 6.54. The fourth-order valence-electron chi connectivity index (χ4n) is 5.09. The molecule has 4 heterocycles. The fourth-order valence-corrected chi connectivity index (χ4v) is 5.09. The molecule has 0 saturated carbocycles. The quantitative estimate of drug-likeness (QED) is 0.458. The number of aromatic nitrogens is 3. The van der Waals surface area contributed by atoms with Crippen molar-refractivity contribution in [3.63, 3.8) is 0 Å². The topological polar surface area (TPSA) is 34.0 Å². The minimum Gasteiger partial charge on any atom is -0.369 e. The molecule has 4 nitrogen and oxygen atoms in total. The van der Waals surface area contributed by atoms with Crippen molar-refractivity contribution in [3.8, 4) is 22.5 Å². The number of pyridine rings is 1. The number of hydrogen-bond acceptors (Lipinski definition) is 3. The highest BCUT2D eigenvalue weighted by atomic mass is 19.1. The zero-order valence-electron chi connectivity index (χ0n) is 17.2. The van der Waals surface area contributed by atoms with Crippen LogP contribution >= 0.6 is 0 Å². The monoisotopic (exact) mass is 410 g/mol. The standard InChI is InChI=1S/C26H23FN4/c27-21-7-5-19(6-8-21)25-26(20-11-14-28-15-12-20)31-22(9-10-24(31)29-25)17-30-16-13-18-3-1-2-4-23(18)30/h1-8,11-12,14-15,22H,9-10,13,16-17H2. The number of hydrogen-bond donors (Lipinski definition) is 0. The van der Waals surface area contributed by atoms with E-state index in [9.17, 15) is 4.39 Å². The first-order chi connectivity index (χ1) is 15.3. The van der Waals surface area contributed by atoms with Crippen LogP contribution in [0.4, 0.5) is 10.1 Å². The van der Waals surface area contributed by atoms with Gasteiger partial charge in [0.15, 0.2) is 0 Å². The molecule has 0 radical (unpaired) electrons. The first-order valence-corrected chi connectivity index (χ1v) is 10.9. The van der Waals surface area contributed by atoms with E-state index in [1.165, 1.54) is 23.4 Å². The number of halogens is 1. The zero-order valence-corrected chi connectivity index (χ0v) is 17.2. The highest BCUT2D eigenvalue weighted by molar-refractivity contribution is 5.79. The Bertz CT molecular complexity index is 1230. The van der Waals surface area contributed by atoms with Crippen molar-refractivity contribution in [2.75, 3.05) is 18.0 Å². The predicted molar refractivity (Wildman–Crippen MR) is 121 cm³/mol. The van der Waals surface area contributed by atoms with Crippen molar-refractivity contribution in [1.82, 2.24) is 14.5 Å². The lowest BCUT2D eigenvalue weighted by molar-refractivity contribution is 0.524. The molecule has 4 aromatic rings. The molecule has 154 valence electrons. The number of anilines is 1. The number of fused-ring (bicyclic) bond motifs is 2. The normalized spacial score (nSPS) is 17.1. The van der Waals surface area contributed by atoms with Crippen LogP contribution in [-0.4, -0.2) is 27.6 Å². The Balaban J connectivity index is 1.43. The summed E-state index contributed by atoms with van der Waals surface area (Å²) in [6, 6.07) is 19.8. The minimum atomic E-state index is -0.230. The number of rotatable bonds is 4. The molecule has 0 aliphatic carbocycles. The second-order valence-electron chi connectivity index (χ2n) is 8.36. The highest BCUT2D eigenvalue weighted by Gasteiger charge is 2.32. The van der Waals surface area contributed by atoms with Gasteiger partial charge in [0.1, 0.15) is 11.6 Å². The Morgan fingerprint density at radius 2 is 1.71 bits per heavy atom. The van der Waals surface area contributed by atoms with Crippen LogP contribution in [0.25, 0.3) is 22.5 Å². The smallest absolute Gasteiger partial charge is 0.123 e. The van der Waals surface area contributed by atoms with Gasteiger partial charge in [-0.05, 0) is 60.9 Å². The molecular weight excluding hydrogens is 387 g/mol. The maximum atomic E-state index is 13.6. The van der Waals surface area contributed by atoms with Crippen molar-refractivity contribution >= 4 is 5.69 Å². The lowest BCUT2D eigenvalue weighted by Crippen LogP contribution is -2.28. The van der Waals surface area contributed by atoms with Crippen molar-refractivity contribution in [2.45, 2.75) is 25.3 Å². The first-order valence-electron chi connectivity index (χ1n) is 10.9. The second kappa shape index (κ2) is 7.34. The molecule has 1 unspecified atom stereocenters. The molecule has 0 spiro atoms. The van der Waals surface area contributed by atoms with E-state index in [0.29, 0.717) is 6.04 Å². The Labute approximate surface area is 181 Å². The average Bonchev–Trinajstić information content (AvgIpc) is 3.50. The summed E-state index contributed by atoms with van der Waals surface area (Å²) < 4.78 is 16.0. The summed E-state index contributed by atoms with van der Waals surface area (Å²) in [5, 5.41) is 0.